The van der Waals surface area contributed by atoms with E-state index >= 15 is 0 Å². The average molecular weight is 402 g/mol. The molecule has 0 bridgehead atoms. The summed E-state index contributed by atoms with van der Waals surface area (Å²) in [5.74, 6) is -0.446. The number of rotatable bonds is 1. The maximum absolute atomic E-state index is 13.9. The number of nitrogens with one attached hydrogen (secondary N) is 1. The number of hydrogen-bond donors (Lipinski definition) is 1. The highest BCUT2D eigenvalue weighted by Gasteiger charge is 2.65. The quantitative estimate of drug-likeness (QED) is 0.779. The minimum absolute atomic E-state index is 0.0298. The Morgan fingerprint density at radius 1 is 1.27 bits per heavy atom. The van der Waals surface area contributed by atoms with Crippen LogP contribution in [0.2, 0.25) is 0 Å². The molecular weight excluding hydrogens is 380 g/mol. The lowest BCUT2D eigenvalue weighted by atomic mass is 9.78. The molecule has 2 saturated heterocycles. The number of anilines is 1. The summed E-state index contributed by atoms with van der Waals surface area (Å²) in [6, 6.07) is 11.9. The van der Waals surface area contributed by atoms with E-state index in [1.807, 2.05) is 33.8 Å². The summed E-state index contributed by atoms with van der Waals surface area (Å²) in [6.07, 6.45) is 2.79. The molecule has 30 heavy (non-hydrogen) atoms. The molecular formula is C22H22N6O2. The molecule has 1 aromatic carbocycles. The van der Waals surface area contributed by atoms with Gasteiger partial charge in [0.1, 0.15) is 11.6 Å². The second-order valence-electron chi connectivity index (χ2n) is 8.66. The van der Waals surface area contributed by atoms with Crippen molar-refractivity contribution in [3.63, 3.8) is 0 Å². The lowest BCUT2D eigenvalue weighted by molar-refractivity contribution is -0.145. The van der Waals surface area contributed by atoms with Gasteiger partial charge in [0.2, 0.25) is 11.8 Å². The van der Waals surface area contributed by atoms with Gasteiger partial charge in [0.25, 0.3) is 0 Å². The van der Waals surface area contributed by atoms with Crippen LogP contribution in [0.4, 0.5) is 5.69 Å². The van der Waals surface area contributed by atoms with Gasteiger partial charge in [-0.25, -0.2) is 0 Å². The maximum Gasteiger partial charge on any atom is 0.250 e. The standard InChI is InChI=1S/C22H22N6O2/c23-12-14-10-16-13-26(8-9-28(16)25-14)20(29)18-11-15-4-3-7-27(15)22(18)17-5-1-2-6-19(17)24-21(22)30/h1-2,5-6,10,15,18H,3-4,7-9,11,13H2,(H,24,30)/t15-,18+,22+/m1/s1. The highest BCUT2D eigenvalue weighted by Crippen LogP contribution is 2.55. The number of para-hydroxylation sites is 1. The molecule has 4 aliphatic rings. The predicted molar refractivity (Wildman–Crippen MR) is 107 cm³/mol. The summed E-state index contributed by atoms with van der Waals surface area (Å²) in [5.41, 5.74) is 2.09. The van der Waals surface area contributed by atoms with E-state index in [2.05, 4.69) is 21.4 Å². The highest BCUT2D eigenvalue weighted by atomic mass is 16.2. The Labute approximate surface area is 174 Å². The van der Waals surface area contributed by atoms with Crippen molar-refractivity contribution in [3.05, 3.63) is 47.3 Å². The Morgan fingerprint density at radius 3 is 3.00 bits per heavy atom. The molecule has 1 aromatic heterocycles. The first-order valence-corrected chi connectivity index (χ1v) is 10.6. The number of nitriles is 1. The summed E-state index contributed by atoms with van der Waals surface area (Å²) < 4.78 is 1.81. The van der Waals surface area contributed by atoms with E-state index in [4.69, 9.17) is 5.26 Å². The topological polar surface area (TPSA) is 94.3 Å². The van der Waals surface area contributed by atoms with Crippen LogP contribution in [-0.4, -0.2) is 50.5 Å². The number of amides is 2. The van der Waals surface area contributed by atoms with Gasteiger partial charge in [0, 0.05) is 23.8 Å². The van der Waals surface area contributed by atoms with Crippen LogP contribution in [0.1, 0.15) is 36.2 Å². The summed E-state index contributed by atoms with van der Waals surface area (Å²) in [5, 5.41) is 16.5. The Morgan fingerprint density at radius 2 is 2.13 bits per heavy atom. The van der Waals surface area contributed by atoms with E-state index in [9.17, 15) is 9.59 Å². The van der Waals surface area contributed by atoms with E-state index in [0.29, 0.717) is 31.7 Å². The number of hydrogen-bond acceptors (Lipinski definition) is 5. The molecule has 5 heterocycles. The number of carbonyl (C=O) groups is 2. The van der Waals surface area contributed by atoms with Crippen LogP contribution in [0.25, 0.3) is 0 Å². The first-order valence-electron chi connectivity index (χ1n) is 10.6. The van der Waals surface area contributed by atoms with Gasteiger partial charge in [-0.1, -0.05) is 18.2 Å². The summed E-state index contributed by atoms with van der Waals surface area (Å²) in [4.78, 5) is 31.5. The monoisotopic (exact) mass is 402 g/mol. The molecule has 6 rings (SSSR count). The molecule has 2 amide bonds. The Kier molecular flexibility index (Phi) is 3.63. The molecule has 8 heteroatoms. The van der Waals surface area contributed by atoms with Crippen LogP contribution in [-0.2, 0) is 28.2 Å². The van der Waals surface area contributed by atoms with E-state index in [0.717, 1.165) is 36.3 Å². The summed E-state index contributed by atoms with van der Waals surface area (Å²) in [6.45, 7) is 2.37. The van der Waals surface area contributed by atoms with Crippen molar-refractivity contribution >= 4 is 17.5 Å². The summed E-state index contributed by atoms with van der Waals surface area (Å²) in [7, 11) is 0. The maximum atomic E-state index is 13.9. The molecule has 2 fully saturated rings. The molecule has 4 aliphatic heterocycles. The average Bonchev–Trinajstić information content (AvgIpc) is 3.50. The zero-order valence-corrected chi connectivity index (χ0v) is 16.5. The number of nitrogens with zero attached hydrogens (tertiary/aromatic N) is 5. The van der Waals surface area contributed by atoms with Gasteiger partial charge in [-0.2, -0.15) is 10.4 Å². The smallest absolute Gasteiger partial charge is 0.250 e. The van der Waals surface area contributed by atoms with Crippen LogP contribution in [0.15, 0.2) is 30.3 Å². The van der Waals surface area contributed by atoms with Gasteiger partial charge >= 0.3 is 0 Å². The zero-order chi connectivity index (χ0) is 20.5. The lowest BCUT2D eigenvalue weighted by Gasteiger charge is -2.39. The number of aromatic nitrogens is 2. The fourth-order valence-electron chi connectivity index (χ4n) is 6.09. The van der Waals surface area contributed by atoms with Crippen molar-refractivity contribution in [1.82, 2.24) is 19.6 Å². The minimum atomic E-state index is -0.912. The molecule has 0 radical (unpaired) electrons. The number of fused-ring (bicyclic) bond motifs is 5. The molecule has 1 N–H and O–H groups in total. The van der Waals surface area contributed by atoms with Crippen molar-refractivity contribution in [2.24, 2.45) is 5.92 Å². The molecule has 8 nitrogen and oxygen atoms in total. The third-order valence-corrected chi connectivity index (χ3v) is 7.30. The lowest BCUT2D eigenvalue weighted by Crippen LogP contribution is -2.55. The van der Waals surface area contributed by atoms with Gasteiger partial charge in [-0.15, -0.1) is 0 Å². The zero-order valence-electron chi connectivity index (χ0n) is 16.5. The molecule has 3 atom stereocenters. The second-order valence-corrected chi connectivity index (χ2v) is 8.66. The van der Waals surface area contributed by atoms with Crippen molar-refractivity contribution < 1.29 is 9.59 Å². The second kappa shape index (κ2) is 6.16. The van der Waals surface area contributed by atoms with E-state index in [-0.39, 0.29) is 17.9 Å². The fraction of sp³-hybridized carbons (Fsp3) is 0.455. The Balaban J connectivity index is 1.39. The van der Waals surface area contributed by atoms with Gasteiger partial charge in [0.15, 0.2) is 5.69 Å². The molecule has 0 aliphatic carbocycles. The van der Waals surface area contributed by atoms with Crippen molar-refractivity contribution in [2.45, 2.75) is 43.9 Å². The van der Waals surface area contributed by atoms with Crippen LogP contribution in [0.5, 0.6) is 0 Å². The fourth-order valence-corrected chi connectivity index (χ4v) is 6.09. The largest absolute Gasteiger partial charge is 0.335 e. The van der Waals surface area contributed by atoms with Crippen LogP contribution >= 0.6 is 0 Å². The van der Waals surface area contributed by atoms with Crippen LogP contribution < -0.4 is 5.32 Å². The van der Waals surface area contributed by atoms with Crippen LogP contribution in [0.3, 0.4) is 0 Å². The third-order valence-electron chi connectivity index (χ3n) is 7.30. The Hall–Kier alpha value is -3.18. The number of carbonyl (C=O) groups excluding carboxylic acids is 2. The normalized spacial score (nSPS) is 29.4. The molecule has 0 saturated carbocycles. The van der Waals surface area contributed by atoms with Gasteiger partial charge < -0.3 is 10.2 Å². The first kappa shape index (κ1) is 17.7. The van der Waals surface area contributed by atoms with Gasteiger partial charge in [0.05, 0.1) is 24.7 Å². The van der Waals surface area contributed by atoms with Crippen LogP contribution in [0, 0.1) is 17.2 Å². The molecule has 2 aromatic rings. The first-order chi connectivity index (χ1) is 14.6. The van der Waals surface area contributed by atoms with E-state index in [1.165, 1.54) is 0 Å². The predicted octanol–water partition coefficient (Wildman–Crippen LogP) is 1.43. The highest BCUT2D eigenvalue weighted by molar-refractivity contribution is 6.09. The van der Waals surface area contributed by atoms with Gasteiger partial charge in [-0.05, 0) is 37.9 Å². The van der Waals surface area contributed by atoms with E-state index in [1.54, 1.807) is 6.07 Å². The Bertz CT molecular complexity index is 1120. The summed E-state index contributed by atoms with van der Waals surface area (Å²) >= 11 is 0. The minimum Gasteiger partial charge on any atom is -0.335 e. The van der Waals surface area contributed by atoms with Crippen molar-refractivity contribution in [2.75, 3.05) is 18.4 Å². The third kappa shape index (κ3) is 2.16. The number of benzene rings is 1. The molecule has 152 valence electrons. The van der Waals surface area contributed by atoms with Crippen molar-refractivity contribution in [1.29, 1.82) is 5.26 Å². The van der Waals surface area contributed by atoms with Crippen molar-refractivity contribution in [3.8, 4) is 6.07 Å². The van der Waals surface area contributed by atoms with Gasteiger partial charge in [-0.3, -0.25) is 19.2 Å². The van der Waals surface area contributed by atoms with E-state index < -0.39 is 11.5 Å². The molecule has 1 spiro atoms. The SMILES string of the molecule is N#Cc1cc2n(n1)CCN(C(=O)[C@@H]1C[C@H]3CCCN3[C@]13C(=O)Nc1ccccc13)C2. The molecule has 0 unspecified atom stereocenters.